The Labute approximate surface area is 103 Å². The lowest BCUT2D eigenvalue weighted by Crippen LogP contribution is -2.20. The minimum Gasteiger partial charge on any atom is -0.425 e. The zero-order valence-electron chi connectivity index (χ0n) is 10.6. The van der Waals surface area contributed by atoms with Gasteiger partial charge in [0.15, 0.2) is 0 Å². The Kier molecular flexibility index (Phi) is 6.67. The Morgan fingerprint density at radius 3 is 2.06 bits per heavy atom. The van der Waals surface area contributed by atoms with Gasteiger partial charge in [-0.05, 0) is 6.42 Å². The second kappa shape index (κ2) is 8.09. The van der Waals surface area contributed by atoms with Gasteiger partial charge in [-0.25, -0.2) is 0 Å². The van der Waals surface area contributed by atoms with Crippen LogP contribution < -0.4 is 0 Å². The molecule has 4 heteroatoms. The zero-order chi connectivity index (χ0) is 12.5. The normalized spacial score (nSPS) is 17.5. The van der Waals surface area contributed by atoms with Crippen molar-refractivity contribution in [2.75, 3.05) is 0 Å². The minimum atomic E-state index is -0.649. The van der Waals surface area contributed by atoms with Crippen molar-refractivity contribution in [2.24, 2.45) is 0 Å². The maximum absolute atomic E-state index is 11.2. The summed E-state index contributed by atoms with van der Waals surface area (Å²) < 4.78 is 10.1. The number of hydrogen-bond acceptors (Lipinski definition) is 4. The monoisotopic (exact) mass is 242 g/mol. The molecule has 0 bridgehead atoms. The van der Waals surface area contributed by atoms with E-state index in [0.29, 0.717) is 6.42 Å². The Bertz CT molecular complexity index is 232. The number of carbonyl (C=O) groups is 2. The van der Waals surface area contributed by atoms with E-state index < -0.39 is 6.29 Å². The van der Waals surface area contributed by atoms with Crippen LogP contribution >= 0.6 is 0 Å². The summed E-state index contributed by atoms with van der Waals surface area (Å²) >= 11 is 0. The first kappa shape index (κ1) is 14.0. The molecule has 0 radical (unpaired) electrons. The maximum Gasteiger partial charge on any atom is 0.309 e. The Morgan fingerprint density at radius 2 is 1.47 bits per heavy atom. The molecule has 98 valence electrons. The van der Waals surface area contributed by atoms with Crippen LogP contribution in [0.2, 0.25) is 0 Å². The first-order chi connectivity index (χ1) is 8.22. The molecule has 1 heterocycles. The summed E-state index contributed by atoms with van der Waals surface area (Å²) in [4.78, 5) is 22.3. The fraction of sp³-hybridized carbons (Fsp3) is 0.846. The highest BCUT2D eigenvalue weighted by atomic mass is 16.7. The summed E-state index contributed by atoms with van der Waals surface area (Å²) in [6.07, 6.45) is 7.26. The maximum atomic E-state index is 11.2. The fourth-order valence-electron chi connectivity index (χ4n) is 1.85. The molecule has 0 spiro atoms. The Morgan fingerprint density at radius 1 is 0.941 bits per heavy atom. The van der Waals surface area contributed by atoms with Crippen LogP contribution in [0.5, 0.6) is 0 Å². The molecule has 0 amide bonds. The fourth-order valence-corrected chi connectivity index (χ4v) is 1.85. The zero-order valence-corrected chi connectivity index (χ0v) is 10.6. The summed E-state index contributed by atoms with van der Waals surface area (Å²) in [5.74, 6) is -0.654. The molecular formula is C13H22O4. The molecule has 1 rings (SSSR count). The van der Waals surface area contributed by atoms with Crippen molar-refractivity contribution < 1.29 is 19.1 Å². The molecule has 0 aromatic carbocycles. The first-order valence-electron chi connectivity index (χ1n) is 6.61. The average Bonchev–Trinajstić information content (AvgIpc) is 2.45. The average molecular weight is 242 g/mol. The molecule has 1 fully saturated rings. The summed E-state index contributed by atoms with van der Waals surface area (Å²) in [5.41, 5.74) is 0. The van der Waals surface area contributed by atoms with E-state index in [1.54, 1.807) is 0 Å². The third-order valence-electron chi connectivity index (χ3n) is 2.85. The van der Waals surface area contributed by atoms with Gasteiger partial charge in [-0.15, -0.1) is 0 Å². The van der Waals surface area contributed by atoms with Gasteiger partial charge >= 0.3 is 11.9 Å². The standard InChI is InChI=1S/C13H22O4/c1-2-3-4-5-6-7-8-13-16-11(14)9-10-12(15)17-13/h13H,2-10H2,1H3. The van der Waals surface area contributed by atoms with Gasteiger partial charge in [0.2, 0.25) is 6.29 Å². The van der Waals surface area contributed by atoms with Crippen molar-refractivity contribution in [1.29, 1.82) is 0 Å². The number of ether oxygens (including phenoxy) is 2. The molecular weight excluding hydrogens is 220 g/mol. The van der Waals surface area contributed by atoms with Crippen molar-refractivity contribution in [3.63, 3.8) is 0 Å². The van der Waals surface area contributed by atoms with Gasteiger partial charge in [-0.3, -0.25) is 9.59 Å². The van der Waals surface area contributed by atoms with Gasteiger partial charge in [0.05, 0.1) is 12.8 Å². The lowest BCUT2D eigenvalue weighted by atomic mass is 10.1. The molecule has 0 atom stereocenters. The van der Waals surface area contributed by atoms with Crippen LogP contribution in [0.4, 0.5) is 0 Å². The molecule has 17 heavy (non-hydrogen) atoms. The molecule has 1 saturated heterocycles. The van der Waals surface area contributed by atoms with Crippen molar-refractivity contribution in [2.45, 2.75) is 71.0 Å². The number of carbonyl (C=O) groups excluding carboxylic acids is 2. The van der Waals surface area contributed by atoms with Crippen LogP contribution in [0, 0.1) is 0 Å². The summed E-state index contributed by atoms with van der Waals surface area (Å²) in [6.45, 7) is 2.18. The van der Waals surface area contributed by atoms with Crippen molar-refractivity contribution in [3.8, 4) is 0 Å². The summed E-state index contributed by atoms with van der Waals surface area (Å²) in [5, 5.41) is 0. The lowest BCUT2D eigenvalue weighted by Gasteiger charge is -2.14. The van der Waals surface area contributed by atoms with Crippen LogP contribution in [0.1, 0.15) is 64.7 Å². The topological polar surface area (TPSA) is 52.6 Å². The van der Waals surface area contributed by atoms with Crippen LogP contribution in [0.25, 0.3) is 0 Å². The van der Waals surface area contributed by atoms with Crippen molar-refractivity contribution in [1.82, 2.24) is 0 Å². The van der Waals surface area contributed by atoms with Gasteiger partial charge < -0.3 is 9.47 Å². The van der Waals surface area contributed by atoms with E-state index in [1.807, 2.05) is 0 Å². The first-order valence-corrected chi connectivity index (χ1v) is 6.61. The third-order valence-corrected chi connectivity index (χ3v) is 2.85. The predicted molar refractivity (Wildman–Crippen MR) is 63.2 cm³/mol. The molecule has 0 aromatic heterocycles. The van der Waals surface area contributed by atoms with Crippen LogP contribution in [0.15, 0.2) is 0 Å². The highest BCUT2D eigenvalue weighted by Crippen LogP contribution is 2.15. The molecule has 0 aromatic rings. The van der Waals surface area contributed by atoms with Gasteiger partial charge in [0.1, 0.15) is 0 Å². The number of unbranched alkanes of at least 4 members (excludes halogenated alkanes) is 5. The van der Waals surface area contributed by atoms with Gasteiger partial charge in [0.25, 0.3) is 0 Å². The molecule has 0 saturated carbocycles. The largest absolute Gasteiger partial charge is 0.425 e. The second-order valence-corrected chi connectivity index (χ2v) is 4.47. The van der Waals surface area contributed by atoms with Crippen LogP contribution in [0.3, 0.4) is 0 Å². The summed E-state index contributed by atoms with van der Waals surface area (Å²) in [7, 11) is 0. The quantitative estimate of drug-likeness (QED) is 0.509. The molecule has 1 aliphatic heterocycles. The SMILES string of the molecule is CCCCCCCCC1OC(=O)CCC(=O)O1. The van der Waals surface area contributed by atoms with E-state index in [2.05, 4.69) is 6.92 Å². The predicted octanol–water partition coefficient (Wildman–Crippen LogP) is 2.94. The minimum absolute atomic E-state index is 0.145. The summed E-state index contributed by atoms with van der Waals surface area (Å²) in [6, 6.07) is 0. The van der Waals surface area contributed by atoms with Gasteiger partial charge in [0, 0.05) is 6.42 Å². The highest BCUT2D eigenvalue weighted by molar-refractivity contribution is 5.79. The van der Waals surface area contributed by atoms with E-state index >= 15 is 0 Å². The third kappa shape index (κ3) is 6.29. The van der Waals surface area contributed by atoms with Crippen LogP contribution in [-0.4, -0.2) is 18.2 Å². The van der Waals surface area contributed by atoms with Gasteiger partial charge in [-0.1, -0.05) is 39.0 Å². The second-order valence-electron chi connectivity index (χ2n) is 4.47. The number of rotatable bonds is 7. The smallest absolute Gasteiger partial charge is 0.309 e. The number of cyclic esters (lactones) is 2. The number of esters is 2. The Hall–Kier alpha value is -1.06. The molecule has 0 N–H and O–H groups in total. The van der Waals surface area contributed by atoms with E-state index in [4.69, 9.17) is 9.47 Å². The van der Waals surface area contributed by atoms with E-state index in [1.165, 1.54) is 25.7 Å². The highest BCUT2D eigenvalue weighted by Gasteiger charge is 2.23. The van der Waals surface area contributed by atoms with E-state index in [9.17, 15) is 9.59 Å². The van der Waals surface area contributed by atoms with Crippen molar-refractivity contribution in [3.05, 3.63) is 0 Å². The van der Waals surface area contributed by atoms with Crippen LogP contribution in [-0.2, 0) is 19.1 Å². The van der Waals surface area contributed by atoms with Crippen molar-refractivity contribution >= 4 is 11.9 Å². The number of hydrogen-bond donors (Lipinski definition) is 0. The Balaban J connectivity index is 2.12. The molecule has 0 unspecified atom stereocenters. The molecule has 4 nitrogen and oxygen atoms in total. The van der Waals surface area contributed by atoms with E-state index in [0.717, 1.165) is 12.8 Å². The molecule has 1 aliphatic rings. The van der Waals surface area contributed by atoms with E-state index in [-0.39, 0.29) is 24.8 Å². The molecule has 0 aliphatic carbocycles. The lowest BCUT2D eigenvalue weighted by molar-refractivity contribution is -0.181. The van der Waals surface area contributed by atoms with Gasteiger partial charge in [-0.2, -0.15) is 0 Å².